The predicted molar refractivity (Wildman–Crippen MR) is 112 cm³/mol. The van der Waals surface area contributed by atoms with Gasteiger partial charge in [0.1, 0.15) is 17.0 Å². The van der Waals surface area contributed by atoms with Gasteiger partial charge < -0.3 is 15.6 Å². The third kappa shape index (κ3) is 4.84. The average Bonchev–Trinajstić information content (AvgIpc) is 3.01. The molecule has 1 aliphatic rings. The number of nitrogens with zero attached hydrogens (tertiary/aromatic N) is 3. The number of anilines is 1. The van der Waals surface area contributed by atoms with Crippen molar-refractivity contribution in [2.45, 2.75) is 38.3 Å². The van der Waals surface area contributed by atoms with Crippen LogP contribution >= 0.6 is 0 Å². The molecule has 1 amide bonds. The fraction of sp³-hybridized carbons (Fsp3) is 0.409. The largest absolute Gasteiger partial charge is 0.433 e. The summed E-state index contributed by atoms with van der Waals surface area (Å²) in [5.41, 5.74) is 6.08. The van der Waals surface area contributed by atoms with Crippen LogP contribution in [0.25, 0.3) is 11.0 Å². The standard InChI is InChI=1S/C22H23F4N5O/c23-15-10-16(20(27)32)19-17(11-15)29-21(30-19)31-8-1-2-13(7-9-31)3-4-14-5-6-18(28-12-14)22(24,25)26/h5-6,10-13H,1-4,7-9H2,(H2,27,32)(H,29,30). The first-order valence-corrected chi connectivity index (χ1v) is 10.5. The molecule has 32 heavy (non-hydrogen) atoms. The fourth-order valence-corrected chi connectivity index (χ4v) is 4.18. The highest BCUT2D eigenvalue weighted by Gasteiger charge is 2.32. The summed E-state index contributed by atoms with van der Waals surface area (Å²) in [6.07, 6.45) is 1.21. The van der Waals surface area contributed by atoms with Crippen LogP contribution in [0.4, 0.5) is 23.5 Å². The third-order valence-electron chi connectivity index (χ3n) is 5.91. The van der Waals surface area contributed by atoms with E-state index in [9.17, 15) is 22.4 Å². The maximum absolute atomic E-state index is 13.8. The molecule has 10 heteroatoms. The molecule has 0 bridgehead atoms. The van der Waals surface area contributed by atoms with E-state index in [1.807, 2.05) is 0 Å². The summed E-state index contributed by atoms with van der Waals surface area (Å²) >= 11 is 0. The first-order chi connectivity index (χ1) is 15.2. The number of hydrogen-bond donors (Lipinski definition) is 2. The zero-order valence-electron chi connectivity index (χ0n) is 17.3. The lowest BCUT2D eigenvalue weighted by atomic mass is 9.93. The summed E-state index contributed by atoms with van der Waals surface area (Å²) in [4.78, 5) is 24.8. The molecule has 1 aromatic carbocycles. The number of halogens is 4. The number of carbonyl (C=O) groups excluding carboxylic acids is 1. The SMILES string of the molecule is NC(=O)c1cc(F)cc2[nH]c(N3CCCC(CCc4ccc(C(F)(F)F)nc4)CC3)nc12. The van der Waals surface area contributed by atoms with Gasteiger partial charge in [-0.15, -0.1) is 0 Å². The number of carbonyl (C=O) groups is 1. The van der Waals surface area contributed by atoms with Crippen molar-refractivity contribution >= 4 is 22.9 Å². The minimum Gasteiger partial charge on any atom is -0.366 e. The van der Waals surface area contributed by atoms with Gasteiger partial charge in [0, 0.05) is 19.3 Å². The number of rotatable bonds is 5. The monoisotopic (exact) mass is 449 g/mol. The lowest BCUT2D eigenvalue weighted by molar-refractivity contribution is -0.141. The van der Waals surface area contributed by atoms with Crippen LogP contribution in [-0.4, -0.2) is 33.9 Å². The van der Waals surface area contributed by atoms with Crippen LogP contribution in [0, 0.1) is 11.7 Å². The Bertz CT molecular complexity index is 1110. The number of fused-ring (bicyclic) bond motifs is 1. The van der Waals surface area contributed by atoms with Crippen LogP contribution < -0.4 is 10.6 Å². The molecule has 0 saturated carbocycles. The smallest absolute Gasteiger partial charge is 0.366 e. The Morgan fingerprint density at radius 3 is 2.72 bits per heavy atom. The van der Waals surface area contributed by atoms with Crippen molar-refractivity contribution in [2.24, 2.45) is 11.7 Å². The lowest BCUT2D eigenvalue weighted by Gasteiger charge is -2.19. The van der Waals surface area contributed by atoms with Crippen molar-refractivity contribution in [1.82, 2.24) is 15.0 Å². The molecule has 1 fully saturated rings. The Morgan fingerprint density at radius 2 is 2.03 bits per heavy atom. The van der Waals surface area contributed by atoms with E-state index in [0.29, 0.717) is 29.3 Å². The third-order valence-corrected chi connectivity index (χ3v) is 5.91. The first kappa shape index (κ1) is 22.0. The summed E-state index contributed by atoms with van der Waals surface area (Å²) in [7, 11) is 0. The summed E-state index contributed by atoms with van der Waals surface area (Å²) in [5.74, 6) is -0.303. The zero-order valence-corrected chi connectivity index (χ0v) is 17.3. The van der Waals surface area contributed by atoms with Crippen molar-refractivity contribution in [2.75, 3.05) is 18.0 Å². The molecule has 4 rings (SSSR count). The molecular formula is C22H23F4N5O. The van der Waals surface area contributed by atoms with E-state index in [1.54, 1.807) is 0 Å². The Labute approximate surface area is 181 Å². The van der Waals surface area contributed by atoms with Gasteiger partial charge in [0.25, 0.3) is 5.91 Å². The molecule has 0 spiro atoms. The van der Waals surface area contributed by atoms with Gasteiger partial charge in [-0.25, -0.2) is 9.37 Å². The number of hydrogen-bond acceptors (Lipinski definition) is 4. The second kappa shape index (κ2) is 8.76. The summed E-state index contributed by atoms with van der Waals surface area (Å²) in [6.45, 7) is 1.48. The zero-order chi connectivity index (χ0) is 22.9. The molecule has 1 aliphatic heterocycles. The first-order valence-electron chi connectivity index (χ1n) is 10.5. The van der Waals surface area contributed by atoms with E-state index in [-0.39, 0.29) is 5.56 Å². The highest BCUT2D eigenvalue weighted by molar-refractivity contribution is 6.04. The molecular weight excluding hydrogens is 426 g/mol. The highest BCUT2D eigenvalue weighted by atomic mass is 19.4. The van der Waals surface area contributed by atoms with E-state index >= 15 is 0 Å². The van der Waals surface area contributed by atoms with Gasteiger partial charge in [0.05, 0.1) is 11.1 Å². The molecule has 3 N–H and O–H groups in total. The van der Waals surface area contributed by atoms with Gasteiger partial charge >= 0.3 is 6.18 Å². The van der Waals surface area contributed by atoms with Crippen LogP contribution in [0.1, 0.15) is 47.3 Å². The van der Waals surface area contributed by atoms with E-state index in [0.717, 1.165) is 56.5 Å². The van der Waals surface area contributed by atoms with Crippen LogP contribution in [0.3, 0.4) is 0 Å². The number of H-pyrrole nitrogens is 1. The summed E-state index contributed by atoms with van der Waals surface area (Å²) in [6, 6.07) is 4.89. The van der Waals surface area contributed by atoms with E-state index in [1.165, 1.54) is 18.3 Å². The molecule has 6 nitrogen and oxygen atoms in total. The van der Waals surface area contributed by atoms with Gasteiger partial charge in [-0.2, -0.15) is 13.2 Å². The number of pyridine rings is 1. The van der Waals surface area contributed by atoms with Gasteiger partial charge in [-0.3, -0.25) is 9.78 Å². The molecule has 1 unspecified atom stereocenters. The molecule has 1 saturated heterocycles. The van der Waals surface area contributed by atoms with Crippen molar-refractivity contribution < 1.29 is 22.4 Å². The summed E-state index contributed by atoms with van der Waals surface area (Å²) in [5, 5.41) is 0. The quantitative estimate of drug-likeness (QED) is 0.563. The van der Waals surface area contributed by atoms with Crippen LogP contribution in [-0.2, 0) is 12.6 Å². The fourth-order valence-electron chi connectivity index (χ4n) is 4.18. The molecule has 170 valence electrons. The number of nitrogens with two attached hydrogens (primary N) is 1. The van der Waals surface area contributed by atoms with Crippen LogP contribution in [0.15, 0.2) is 30.5 Å². The number of amides is 1. The Morgan fingerprint density at radius 1 is 1.22 bits per heavy atom. The molecule has 0 radical (unpaired) electrons. The van der Waals surface area contributed by atoms with Crippen molar-refractivity contribution in [3.63, 3.8) is 0 Å². The number of benzene rings is 1. The van der Waals surface area contributed by atoms with Gasteiger partial charge in [-0.1, -0.05) is 6.07 Å². The average molecular weight is 449 g/mol. The Hall–Kier alpha value is -3.17. The van der Waals surface area contributed by atoms with E-state index < -0.39 is 23.6 Å². The van der Waals surface area contributed by atoms with Crippen molar-refractivity contribution in [3.05, 3.63) is 53.1 Å². The lowest BCUT2D eigenvalue weighted by Crippen LogP contribution is -2.25. The molecule has 2 aromatic heterocycles. The molecule has 3 aromatic rings. The molecule has 3 heterocycles. The van der Waals surface area contributed by atoms with E-state index in [2.05, 4.69) is 19.9 Å². The predicted octanol–water partition coefficient (Wildman–Crippen LogP) is 4.45. The van der Waals surface area contributed by atoms with Crippen LogP contribution in [0.5, 0.6) is 0 Å². The minimum atomic E-state index is -4.43. The topological polar surface area (TPSA) is 87.9 Å². The number of primary amides is 1. The second-order valence-electron chi connectivity index (χ2n) is 8.15. The van der Waals surface area contributed by atoms with Crippen molar-refractivity contribution in [1.29, 1.82) is 0 Å². The Balaban J connectivity index is 1.39. The number of imidazole rings is 1. The van der Waals surface area contributed by atoms with Crippen LogP contribution in [0.2, 0.25) is 0 Å². The number of nitrogens with one attached hydrogen (secondary N) is 1. The van der Waals surface area contributed by atoms with Gasteiger partial charge in [-0.05, 0) is 61.8 Å². The number of aromatic amines is 1. The number of alkyl halides is 3. The normalized spacial score (nSPS) is 17.5. The van der Waals surface area contributed by atoms with Crippen molar-refractivity contribution in [3.8, 4) is 0 Å². The van der Waals surface area contributed by atoms with Gasteiger partial charge in [0.15, 0.2) is 0 Å². The maximum Gasteiger partial charge on any atom is 0.433 e. The molecule has 0 aliphatic carbocycles. The summed E-state index contributed by atoms with van der Waals surface area (Å²) < 4.78 is 51.8. The molecule has 1 atom stereocenters. The number of aromatic nitrogens is 3. The maximum atomic E-state index is 13.8. The highest BCUT2D eigenvalue weighted by Crippen LogP contribution is 2.29. The minimum absolute atomic E-state index is 0.0420. The second-order valence-corrected chi connectivity index (χ2v) is 8.15. The van der Waals surface area contributed by atoms with E-state index in [4.69, 9.17) is 5.73 Å². The Kier molecular flexibility index (Phi) is 6.03. The number of aryl methyl sites for hydroxylation is 1. The van der Waals surface area contributed by atoms with Gasteiger partial charge in [0.2, 0.25) is 5.95 Å².